The molecule has 2 heterocycles. The quantitative estimate of drug-likeness (QED) is 0.470. The number of likely N-dealkylation sites (tertiary alicyclic amines) is 1. The number of hydrogen-bond donors (Lipinski definition) is 2. The summed E-state index contributed by atoms with van der Waals surface area (Å²) in [5.41, 5.74) is -0.482. The number of imidazole rings is 1. The van der Waals surface area contributed by atoms with Crippen molar-refractivity contribution in [1.29, 1.82) is 0 Å². The van der Waals surface area contributed by atoms with Crippen LogP contribution in [-0.4, -0.2) is 69.8 Å². The number of β-amino-alcohol motifs (C(OH)–C–C–N with tert-alkyl or cyclic N) is 1. The molecule has 0 unspecified atom stereocenters. The number of benzene rings is 2. The Morgan fingerprint density at radius 1 is 1.18 bits per heavy atom. The zero-order valence-corrected chi connectivity index (χ0v) is 19.1. The Kier molecular flexibility index (Phi) is 7.66. The highest BCUT2D eigenvalue weighted by molar-refractivity contribution is 5.43. The lowest BCUT2D eigenvalue weighted by Crippen LogP contribution is -2.59. The van der Waals surface area contributed by atoms with Crippen molar-refractivity contribution in [3.05, 3.63) is 72.6 Å². The minimum absolute atomic E-state index is 0.140. The highest BCUT2D eigenvalue weighted by Gasteiger charge is 2.42. The summed E-state index contributed by atoms with van der Waals surface area (Å²) in [5.74, 6) is 1.17. The van der Waals surface area contributed by atoms with E-state index in [1.54, 1.807) is 25.7 Å². The second-order valence-electron chi connectivity index (χ2n) is 8.50. The van der Waals surface area contributed by atoms with E-state index in [0.717, 1.165) is 5.56 Å². The van der Waals surface area contributed by atoms with E-state index in [0.29, 0.717) is 49.9 Å². The van der Waals surface area contributed by atoms with Gasteiger partial charge in [0.15, 0.2) is 11.5 Å². The lowest BCUT2D eigenvalue weighted by molar-refractivity contribution is -0.140. The third-order valence-corrected chi connectivity index (χ3v) is 5.92. The molecule has 1 aliphatic rings. The van der Waals surface area contributed by atoms with Gasteiger partial charge in [-0.3, -0.25) is 4.90 Å². The fourth-order valence-electron chi connectivity index (χ4n) is 4.06. The molecule has 0 radical (unpaired) electrons. The highest BCUT2D eigenvalue weighted by atomic mass is 19.1. The van der Waals surface area contributed by atoms with Gasteiger partial charge in [0.1, 0.15) is 30.4 Å². The van der Waals surface area contributed by atoms with E-state index in [9.17, 15) is 14.6 Å². The molecule has 1 fully saturated rings. The lowest BCUT2D eigenvalue weighted by atomic mass is 9.90. The van der Waals surface area contributed by atoms with Crippen LogP contribution in [0.1, 0.15) is 12.0 Å². The van der Waals surface area contributed by atoms with Gasteiger partial charge in [-0.1, -0.05) is 12.1 Å². The van der Waals surface area contributed by atoms with Crippen LogP contribution in [0.3, 0.4) is 0 Å². The fourth-order valence-corrected chi connectivity index (χ4v) is 4.06. The number of aromatic nitrogens is 2. The molecular weight excluding hydrogens is 441 g/mol. The average Bonchev–Trinajstić information content (AvgIpc) is 3.34. The molecule has 9 heteroatoms. The summed E-state index contributed by atoms with van der Waals surface area (Å²) in [6.45, 7) is 2.37. The van der Waals surface area contributed by atoms with E-state index >= 15 is 0 Å². The van der Waals surface area contributed by atoms with Crippen molar-refractivity contribution < 1.29 is 28.8 Å². The van der Waals surface area contributed by atoms with Gasteiger partial charge in [0, 0.05) is 38.1 Å². The maximum absolute atomic E-state index is 13.4. The Bertz CT molecular complexity index is 1060. The summed E-state index contributed by atoms with van der Waals surface area (Å²) in [7, 11) is 1.60. The number of rotatable bonds is 10. The molecule has 8 nitrogen and oxygen atoms in total. The molecule has 1 saturated heterocycles. The Morgan fingerprint density at radius 3 is 2.82 bits per heavy atom. The van der Waals surface area contributed by atoms with Gasteiger partial charge in [0.2, 0.25) is 0 Å². The van der Waals surface area contributed by atoms with Gasteiger partial charge >= 0.3 is 0 Å². The Hall–Kier alpha value is -3.14. The number of ether oxygens (including phenoxy) is 3. The number of aliphatic hydroxyl groups is 2. The van der Waals surface area contributed by atoms with E-state index in [1.807, 2.05) is 29.0 Å². The van der Waals surface area contributed by atoms with Gasteiger partial charge in [0.25, 0.3) is 0 Å². The summed E-state index contributed by atoms with van der Waals surface area (Å²) >= 11 is 0. The standard InChI is InChI=1S/C25H30FN3O5/c1-32-22-6-5-19(13-23(22)33-12-11-28-10-8-27-18-28)15-29-9-7-24(30)25(31,16-29)17-34-21-4-2-3-20(26)14-21/h2-6,8,10,13-14,18,24,30-31H,7,9,11-12,15-17H2,1H3/t24-,25-/m0/s1. The SMILES string of the molecule is COc1ccc(CN2CC[C@H](O)[C@@](O)(COc3cccc(F)c3)C2)cc1OCCn1ccnc1. The van der Waals surface area contributed by atoms with Crippen LogP contribution in [0, 0.1) is 5.82 Å². The van der Waals surface area contributed by atoms with Crippen LogP contribution < -0.4 is 14.2 Å². The molecule has 0 aliphatic carbocycles. The van der Waals surface area contributed by atoms with Crippen LogP contribution in [0.2, 0.25) is 0 Å². The number of aliphatic hydroxyl groups excluding tert-OH is 1. The predicted molar refractivity (Wildman–Crippen MR) is 123 cm³/mol. The highest BCUT2D eigenvalue weighted by Crippen LogP contribution is 2.30. The summed E-state index contributed by atoms with van der Waals surface area (Å²) in [4.78, 5) is 6.08. The minimum Gasteiger partial charge on any atom is -0.493 e. The van der Waals surface area contributed by atoms with Gasteiger partial charge in [-0.05, 0) is 36.2 Å². The molecule has 1 aromatic heterocycles. The molecule has 0 spiro atoms. The van der Waals surface area contributed by atoms with Crippen molar-refractivity contribution in [3.63, 3.8) is 0 Å². The van der Waals surface area contributed by atoms with Crippen molar-refractivity contribution in [1.82, 2.24) is 14.5 Å². The van der Waals surface area contributed by atoms with E-state index in [-0.39, 0.29) is 13.2 Å². The number of piperidine rings is 1. The maximum Gasteiger partial charge on any atom is 0.161 e. The molecule has 2 atom stereocenters. The van der Waals surface area contributed by atoms with Gasteiger partial charge in [-0.2, -0.15) is 0 Å². The van der Waals surface area contributed by atoms with Crippen molar-refractivity contribution in [2.75, 3.05) is 33.4 Å². The van der Waals surface area contributed by atoms with Crippen LogP contribution in [-0.2, 0) is 13.1 Å². The number of methoxy groups -OCH3 is 1. The third-order valence-electron chi connectivity index (χ3n) is 5.92. The van der Waals surface area contributed by atoms with Crippen molar-refractivity contribution in [2.45, 2.75) is 31.2 Å². The van der Waals surface area contributed by atoms with Gasteiger partial charge in [0.05, 0.1) is 26.1 Å². The molecule has 2 N–H and O–H groups in total. The maximum atomic E-state index is 13.4. The molecule has 1 aliphatic heterocycles. The molecular formula is C25H30FN3O5. The summed E-state index contributed by atoms with van der Waals surface area (Å²) < 4.78 is 32.3. The summed E-state index contributed by atoms with van der Waals surface area (Å²) in [6.07, 6.45) is 4.80. The topological polar surface area (TPSA) is 89.2 Å². The first-order valence-electron chi connectivity index (χ1n) is 11.2. The van der Waals surface area contributed by atoms with E-state index < -0.39 is 17.5 Å². The zero-order chi connectivity index (χ0) is 24.0. The van der Waals surface area contributed by atoms with Gasteiger partial charge < -0.3 is 29.0 Å². The second kappa shape index (κ2) is 10.9. The van der Waals surface area contributed by atoms with E-state index in [2.05, 4.69) is 9.88 Å². The fraction of sp³-hybridized carbons (Fsp3) is 0.400. The first kappa shape index (κ1) is 24.0. The molecule has 182 valence electrons. The van der Waals surface area contributed by atoms with Crippen molar-refractivity contribution in [3.8, 4) is 17.2 Å². The normalized spacial score (nSPS) is 20.8. The van der Waals surface area contributed by atoms with Crippen molar-refractivity contribution >= 4 is 0 Å². The molecule has 2 aromatic carbocycles. The van der Waals surface area contributed by atoms with Gasteiger partial charge in [-0.15, -0.1) is 0 Å². The Morgan fingerprint density at radius 2 is 2.06 bits per heavy atom. The molecule has 0 amide bonds. The third kappa shape index (κ3) is 6.05. The van der Waals surface area contributed by atoms with Crippen LogP contribution in [0.4, 0.5) is 4.39 Å². The first-order valence-corrected chi connectivity index (χ1v) is 11.2. The molecule has 3 aromatic rings. The van der Waals surface area contributed by atoms with E-state index in [1.165, 1.54) is 18.2 Å². The minimum atomic E-state index is -1.47. The van der Waals surface area contributed by atoms with Gasteiger partial charge in [-0.25, -0.2) is 9.37 Å². The first-order chi connectivity index (χ1) is 16.4. The molecule has 4 rings (SSSR count). The predicted octanol–water partition coefficient (Wildman–Crippen LogP) is 2.49. The van der Waals surface area contributed by atoms with Crippen LogP contribution in [0.25, 0.3) is 0 Å². The van der Waals surface area contributed by atoms with E-state index in [4.69, 9.17) is 14.2 Å². The number of halogens is 1. The zero-order valence-electron chi connectivity index (χ0n) is 19.1. The average molecular weight is 472 g/mol. The molecule has 0 saturated carbocycles. The Balaban J connectivity index is 1.38. The van der Waals surface area contributed by atoms with Crippen LogP contribution in [0.5, 0.6) is 17.2 Å². The molecule has 0 bridgehead atoms. The lowest BCUT2D eigenvalue weighted by Gasteiger charge is -2.42. The van der Waals surface area contributed by atoms with Crippen molar-refractivity contribution in [2.24, 2.45) is 0 Å². The number of hydrogen-bond acceptors (Lipinski definition) is 7. The summed E-state index contributed by atoms with van der Waals surface area (Å²) in [5, 5.41) is 21.6. The second-order valence-corrected chi connectivity index (χ2v) is 8.50. The Labute approximate surface area is 198 Å². The summed E-state index contributed by atoms with van der Waals surface area (Å²) in [6, 6.07) is 11.5. The number of nitrogens with zero attached hydrogens (tertiary/aromatic N) is 3. The smallest absolute Gasteiger partial charge is 0.161 e. The molecule has 34 heavy (non-hydrogen) atoms. The van der Waals surface area contributed by atoms with Crippen LogP contribution in [0.15, 0.2) is 61.2 Å². The van der Waals surface area contributed by atoms with Crippen LogP contribution >= 0.6 is 0 Å². The monoisotopic (exact) mass is 471 g/mol. The largest absolute Gasteiger partial charge is 0.493 e.